The molecule has 0 atom stereocenters. The number of piperidine rings is 1. The number of aromatic nitrogens is 3. The Morgan fingerprint density at radius 2 is 1.83 bits per heavy atom. The van der Waals surface area contributed by atoms with E-state index < -0.39 is 11.7 Å². The second-order valence-electron chi connectivity index (χ2n) is 7.99. The molecule has 2 heterocycles. The van der Waals surface area contributed by atoms with Gasteiger partial charge >= 0.3 is 12.1 Å². The van der Waals surface area contributed by atoms with Gasteiger partial charge < -0.3 is 4.74 Å². The fraction of sp³-hybridized carbons (Fsp3) is 0.650. The maximum absolute atomic E-state index is 12.9. The molecule has 1 saturated heterocycles. The van der Waals surface area contributed by atoms with E-state index in [4.69, 9.17) is 4.74 Å². The summed E-state index contributed by atoms with van der Waals surface area (Å²) >= 11 is 0. The highest BCUT2D eigenvalue weighted by molar-refractivity contribution is 5.75. The number of alkyl halides is 3. The zero-order valence-electron chi connectivity index (χ0n) is 16.2. The van der Waals surface area contributed by atoms with Gasteiger partial charge in [-0.15, -0.1) is 5.10 Å². The molecule has 0 spiro atoms. The second-order valence-corrected chi connectivity index (χ2v) is 7.99. The van der Waals surface area contributed by atoms with Crippen LogP contribution in [0, 0.1) is 0 Å². The summed E-state index contributed by atoms with van der Waals surface area (Å²) in [6.07, 6.45) is 2.58. The average Bonchev–Trinajstić information content (AvgIpc) is 3.12. The molecular formula is C20H25F3N4O2. The van der Waals surface area contributed by atoms with Gasteiger partial charge in [-0.1, -0.05) is 11.6 Å². The number of esters is 1. The first-order valence-corrected chi connectivity index (χ1v) is 10.2. The van der Waals surface area contributed by atoms with E-state index in [2.05, 4.69) is 15.2 Å². The minimum Gasteiger partial charge on any atom is -0.461 e. The number of carbonyl (C=O) groups excluding carboxylic acids is 1. The Morgan fingerprint density at radius 3 is 2.52 bits per heavy atom. The van der Waals surface area contributed by atoms with E-state index >= 15 is 0 Å². The van der Waals surface area contributed by atoms with Gasteiger partial charge in [-0.05, 0) is 56.7 Å². The number of benzene rings is 1. The van der Waals surface area contributed by atoms with Crippen LogP contribution in [-0.2, 0) is 15.7 Å². The molecule has 0 amide bonds. The van der Waals surface area contributed by atoms with Gasteiger partial charge in [-0.2, -0.15) is 13.2 Å². The molecule has 1 saturated carbocycles. The monoisotopic (exact) mass is 410 g/mol. The standard InChI is InChI=1S/C20H25F3N4O2/c21-20(22,23)14-6-7-18-17(12-14)24-25-27(18)15-8-10-26(11-9-15)13-19(28)29-16-4-2-1-3-5-16/h6-7,12,15-16H,1-5,8-11,13H2. The van der Waals surface area contributed by atoms with Crippen LogP contribution in [0.3, 0.4) is 0 Å². The van der Waals surface area contributed by atoms with Gasteiger partial charge in [-0.3, -0.25) is 9.69 Å². The molecule has 6 nitrogen and oxygen atoms in total. The fourth-order valence-corrected chi connectivity index (χ4v) is 4.30. The Bertz CT molecular complexity index is 853. The molecule has 158 valence electrons. The van der Waals surface area contributed by atoms with Crippen molar-refractivity contribution in [3.05, 3.63) is 23.8 Å². The largest absolute Gasteiger partial charge is 0.461 e. The Hall–Kier alpha value is -2.16. The summed E-state index contributed by atoms with van der Waals surface area (Å²) in [6, 6.07) is 3.60. The summed E-state index contributed by atoms with van der Waals surface area (Å²) in [6.45, 7) is 1.72. The molecule has 1 aromatic heterocycles. The molecule has 1 aliphatic heterocycles. The number of ether oxygens (including phenoxy) is 1. The lowest BCUT2D eigenvalue weighted by atomic mass is 9.98. The van der Waals surface area contributed by atoms with Crippen molar-refractivity contribution in [3.8, 4) is 0 Å². The molecule has 0 bridgehead atoms. The highest BCUT2D eigenvalue weighted by Gasteiger charge is 2.31. The SMILES string of the molecule is O=C(CN1CCC(n2nnc3cc(C(F)(F)F)ccc32)CC1)OC1CCCCC1. The number of hydrogen-bond acceptors (Lipinski definition) is 5. The second kappa shape index (κ2) is 8.30. The van der Waals surface area contributed by atoms with Crippen LogP contribution in [0.1, 0.15) is 56.6 Å². The topological polar surface area (TPSA) is 60.2 Å². The van der Waals surface area contributed by atoms with Gasteiger partial charge in [-0.25, -0.2) is 4.68 Å². The van der Waals surface area contributed by atoms with Crippen LogP contribution in [0.25, 0.3) is 11.0 Å². The Labute approximate surface area is 167 Å². The molecule has 2 fully saturated rings. The Kier molecular flexibility index (Phi) is 5.76. The van der Waals surface area contributed by atoms with Crippen molar-refractivity contribution in [1.29, 1.82) is 0 Å². The van der Waals surface area contributed by atoms with Crippen molar-refractivity contribution in [1.82, 2.24) is 19.9 Å². The maximum atomic E-state index is 12.9. The highest BCUT2D eigenvalue weighted by Crippen LogP contribution is 2.32. The number of nitrogens with zero attached hydrogens (tertiary/aromatic N) is 4. The van der Waals surface area contributed by atoms with E-state index in [0.717, 1.165) is 50.7 Å². The molecule has 1 aliphatic carbocycles. The lowest BCUT2D eigenvalue weighted by Crippen LogP contribution is -2.39. The van der Waals surface area contributed by atoms with Crippen molar-refractivity contribution in [3.63, 3.8) is 0 Å². The van der Waals surface area contributed by atoms with E-state index in [-0.39, 0.29) is 30.2 Å². The van der Waals surface area contributed by atoms with Crippen LogP contribution in [-0.4, -0.2) is 51.6 Å². The first-order chi connectivity index (χ1) is 13.9. The van der Waals surface area contributed by atoms with Crippen molar-refractivity contribution < 1.29 is 22.7 Å². The van der Waals surface area contributed by atoms with Crippen LogP contribution < -0.4 is 0 Å². The Morgan fingerprint density at radius 1 is 1.10 bits per heavy atom. The summed E-state index contributed by atoms with van der Waals surface area (Å²) in [5.74, 6) is -0.166. The van der Waals surface area contributed by atoms with Crippen LogP contribution in [0.2, 0.25) is 0 Å². The van der Waals surface area contributed by atoms with E-state index in [1.807, 2.05) is 0 Å². The third-order valence-corrected chi connectivity index (χ3v) is 5.90. The van der Waals surface area contributed by atoms with Gasteiger partial charge in [0.2, 0.25) is 0 Å². The van der Waals surface area contributed by atoms with Crippen LogP contribution in [0.15, 0.2) is 18.2 Å². The van der Waals surface area contributed by atoms with E-state index in [1.165, 1.54) is 12.5 Å². The van der Waals surface area contributed by atoms with E-state index in [1.54, 1.807) is 4.68 Å². The first-order valence-electron chi connectivity index (χ1n) is 10.2. The predicted molar refractivity (Wildman–Crippen MR) is 100 cm³/mol. The zero-order chi connectivity index (χ0) is 20.4. The number of carbonyl (C=O) groups is 1. The van der Waals surface area contributed by atoms with Crippen molar-refractivity contribution >= 4 is 17.0 Å². The molecule has 9 heteroatoms. The van der Waals surface area contributed by atoms with Crippen LogP contribution in [0.4, 0.5) is 13.2 Å². The summed E-state index contributed by atoms with van der Waals surface area (Å²) in [4.78, 5) is 14.3. The minimum atomic E-state index is -4.39. The summed E-state index contributed by atoms with van der Waals surface area (Å²) < 4.78 is 45.9. The van der Waals surface area contributed by atoms with Gasteiger partial charge in [0, 0.05) is 13.1 Å². The fourth-order valence-electron chi connectivity index (χ4n) is 4.30. The van der Waals surface area contributed by atoms with Crippen LogP contribution >= 0.6 is 0 Å². The average molecular weight is 410 g/mol. The van der Waals surface area contributed by atoms with Gasteiger partial charge in [0.15, 0.2) is 0 Å². The molecule has 0 N–H and O–H groups in total. The first kappa shape index (κ1) is 20.1. The zero-order valence-corrected chi connectivity index (χ0v) is 16.2. The molecule has 0 unspecified atom stereocenters. The molecule has 29 heavy (non-hydrogen) atoms. The Balaban J connectivity index is 1.33. The lowest BCUT2D eigenvalue weighted by Gasteiger charge is -2.32. The third-order valence-electron chi connectivity index (χ3n) is 5.90. The van der Waals surface area contributed by atoms with E-state index in [0.29, 0.717) is 18.6 Å². The van der Waals surface area contributed by atoms with Gasteiger partial charge in [0.05, 0.1) is 23.7 Å². The predicted octanol–water partition coefficient (Wildman–Crippen LogP) is 3.96. The normalized spacial score (nSPS) is 20.2. The van der Waals surface area contributed by atoms with Gasteiger partial charge in [0.1, 0.15) is 11.6 Å². The molecule has 2 aliphatic rings. The number of rotatable bonds is 4. The molecule has 1 aromatic carbocycles. The summed E-state index contributed by atoms with van der Waals surface area (Å²) in [5, 5.41) is 8.02. The third kappa shape index (κ3) is 4.71. The smallest absolute Gasteiger partial charge is 0.416 e. The number of fused-ring (bicyclic) bond motifs is 1. The van der Waals surface area contributed by atoms with Crippen LogP contribution in [0.5, 0.6) is 0 Å². The highest BCUT2D eigenvalue weighted by atomic mass is 19.4. The van der Waals surface area contributed by atoms with Crippen molar-refractivity contribution in [2.45, 2.75) is 63.3 Å². The molecule has 2 aromatic rings. The molecule has 0 radical (unpaired) electrons. The maximum Gasteiger partial charge on any atom is 0.416 e. The van der Waals surface area contributed by atoms with Crippen molar-refractivity contribution in [2.24, 2.45) is 0 Å². The summed E-state index contributed by atoms with van der Waals surface area (Å²) in [7, 11) is 0. The molecule has 4 rings (SSSR count). The molecular weight excluding hydrogens is 385 g/mol. The minimum absolute atomic E-state index is 0.0577. The summed E-state index contributed by atoms with van der Waals surface area (Å²) in [5.41, 5.74) is 0.134. The lowest BCUT2D eigenvalue weighted by molar-refractivity contribution is -0.152. The number of halogens is 3. The van der Waals surface area contributed by atoms with Crippen molar-refractivity contribution in [2.75, 3.05) is 19.6 Å². The number of likely N-dealkylation sites (tertiary alicyclic amines) is 1. The quantitative estimate of drug-likeness (QED) is 0.714. The number of hydrogen-bond donors (Lipinski definition) is 0. The van der Waals surface area contributed by atoms with Gasteiger partial charge in [0.25, 0.3) is 0 Å². The van der Waals surface area contributed by atoms with E-state index in [9.17, 15) is 18.0 Å².